The molecule has 3 aromatic rings. The monoisotopic (exact) mass is 345 g/mol. The van der Waals surface area contributed by atoms with E-state index < -0.39 is 0 Å². The first-order valence-electron chi connectivity index (χ1n) is 8.69. The molecule has 1 amide bonds. The maximum Gasteiger partial charge on any atom is 0.231 e. The van der Waals surface area contributed by atoms with Gasteiger partial charge in [0.15, 0.2) is 0 Å². The van der Waals surface area contributed by atoms with Gasteiger partial charge in [0.1, 0.15) is 5.75 Å². The summed E-state index contributed by atoms with van der Waals surface area (Å²) in [5.74, 6) is 0.865. The molecule has 0 aliphatic carbocycles. The smallest absolute Gasteiger partial charge is 0.231 e. The number of amides is 1. The SMILES string of the molecule is COc1ccc(CC(=O)N(Cc2ccccc2)c2ccc(C)cc2)cc1. The zero-order valence-corrected chi connectivity index (χ0v) is 15.2. The fourth-order valence-corrected chi connectivity index (χ4v) is 2.83. The molecule has 0 spiro atoms. The molecule has 0 atom stereocenters. The molecule has 0 aliphatic heterocycles. The van der Waals surface area contributed by atoms with Crippen LogP contribution in [0.1, 0.15) is 16.7 Å². The van der Waals surface area contributed by atoms with Gasteiger partial charge in [0.05, 0.1) is 20.1 Å². The first-order chi connectivity index (χ1) is 12.7. The normalized spacial score (nSPS) is 10.4. The third kappa shape index (κ3) is 4.51. The van der Waals surface area contributed by atoms with Crippen LogP contribution in [0.2, 0.25) is 0 Å². The molecule has 0 unspecified atom stereocenters. The highest BCUT2D eigenvalue weighted by Crippen LogP contribution is 2.20. The van der Waals surface area contributed by atoms with Crippen molar-refractivity contribution in [1.82, 2.24) is 0 Å². The number of carbonyl (C=O) groups excluding carboxylic acids is 1. The van der Waals surface area contributed by atoms with Crippen molar-refractivity contribution in [3.8, 4) is 5.75 Å². The van der Waals surface area contributed by atoms with E-state index >= 15 is 0 Å². The fraction of sp³-hybridized carbons (Fsp3) is 0.174. The number of anilines is 1. The van der Waals surface area contributed by atoms with Gasteiger partial charge in [-0.05, 0) is 42.3 Å². The lowest BCUT2D eigenvalue weighted by Gasteiger charge is -2.23. The number of benzene rings is 3. The molecule has 0 saturated carbocycles. The molecular formula is C23H23NO2. The van der Waals surface area contributed by atoms with Crippen LogP contribution in [-0.2, 0) is 17.8 Å². The Morgan fingerprint density at radius 2 is 1.50 bits per heavy atom. The number of nitrogens with zero attached hydrogens (tertiary/aromatic N) is 1. The van der Waals surface area contributed by atoms with Crippen LogP contribution in [0.3, 0.4) is 0 Å². The fourth-order valence-electron chi connectivity index (χ4n) is 2.83. The van der Waals surface area contributed by atoms with Gasteiger partial charge >= 0.3 is 0 Å². The lowest BCUT2D eigenvalue weighted by molar-refractivity contribution is -0.118. The van der Waals surface area contributed by atoms with Crippen LogP contribution in [-0.4, -0.2) is 13.0 Å². The second-order valence-electron chi connectivity index (χ2n) is 6.33. The molecule has 0 fully saturated rings. The molecule has 3 aromatic carbocycles. The minimum Gasteiger partial charge on any atom is -0.497 e. The quantitative estimate of drug-likeness (QED) is 0.643. The van der Waals surface area contributed by atoms with E-state index in [1.54, 1.807) is 7.11 Å². The summed E-state index contributed by atoms with van der Waals surface area (Å²) in [6, 6.07) is 25.8. The summed E-state index contributed by atoms with van der Waals surface area (Å²) in [7, 11) is 1.64. The molecule has 0 bridgehead atoms. The Bertz CT molecular complexity index is 840. The Morgan fingerprint density at radius 3 is 2.12 bits per heavy atom. The van der Waals surface area contributed by atoms with Gasteiger partial charge < -0.3 is 9.64 Å². The van der Waals surface area contributed by atoms with E-state index in [0.29, 0.717) is 13.0 Å². The summed E-state index contributed by atoms with van der Waals surface area (Å²) in [6.45, 7) is 2.60. The second-order valence-corrected chi connectivity index (χ2v) is 6.33. The van der Waals surface area contributed by atoms with Gasteiger partial charge in [0, 0.05) is 5.69 Å². The number of hydrogen-bond acceptors (Lipinski definition) is 2. The van der Waals surface area contributed by atoms with E-state index in [4.69, 9.17) is 4.74 Å². The van der Waals surface area contributed by atoms with Crippen LogP contribution >= 0.6 is 0 Å². The Hall–Kier alpha value is -3.07. The largest absolute Gasteiger partial charge is 0.497 e. The highest BCUT2D eigenvalue weighted by atomic mass is 16.5. The number of ether oxygens (including phenoxy) is 1. The standard InChI is InChI=1S/C23H23NO2/c1-18-8-12-21(13-9-18)24(17-20-6-4-3-5-7-20)23(25)16-19-10-14-22(26-2)15-11-19/h3-15H,16-17H2,1-2H3. The highest BCUT2D eigenvalue weighted by molar-refractivity contribution is 5.94. The van der Waals surface area contributed by atoms with E-state index in [-0.39, 0.29) is 5.91 Å². The minimum absolute atomic E-state index is 0.0721. The third-order valence-corrected chi connectivity index (χ3v) is 4.34. The van der Waals surface area contributed by atoms with Gasteiger partial charge in [0.2, 0.25) is 5.91 Å². The lowest BCUT2D eigenvalue weighted by atomic mass is 10.1. The number of aryl methyl sites for hydroxylation is 1. The molecule has 132 valence electrons. The topological polar surface area (TPSA) is 29.5 Å². The highest BCUT2D eigenvalue weighted by Gasteiger charge is 2.17. The predicted molar refractivity (Wildman–Crippen MR) is 106 cm³/mol. The Labute approximate surface area is 154 Å². The summed E-state index contributed by atoms with van der Waals surface area (Å²) in [5.41, 5.74) is 4.17. The molecule has 0 saturated heterocycles. The van der Waals surface area contributed by atoms with Crippen LogP contribution < -0.4 is 9.64 Å². The average Bonchev–Trinajstić information content (AvgIpc) is 2.68. The summed E-state index contributed by atoms with van der Waals surface area (Å²) < 4.78 is 5.19. The minimum atomic E-state index is 0.0721. The second kappa shape index (κ2) is 8.34. The van der Waals surface area contributed by atoms with E-state index in [0.717, 1.165) is 22.6 Å². The zero-order chi connectivity index (χ0) is 18.4. The van der Waals surface area contributed by atoms with Crippen molar-refractivity contribution < 1.29 is 9.53 Å². The molecule has 0 aromatic heterocycles. The molecule has 26 heavy (non-hydrogen) atoms. The van der Waals surface area contributed by atoms with Crippen LogP contribution in [0.15, 0.2) is 78.9 Å². The molecule has 3 nitrogen and oxygen atoms in total. The van der Waals surface area contributed by atoms with Crippen molar-refractivity contribution in [3.05, 3.63) is 95.6 Å². The maximum atomic E-state index is 13.1. The van der Waals surface area contributed by atoms with Gasteiger partial charge in [-0.25, -0.2) is 0 Å². The molecule has 3 heteroatoms. The van der Waals surface area contributed by atoms with Gasteiger partial charge in [-0.2, -0.15) is 0 Å². The van der Waals surface area contributed by atoms with E-state index in [9.17, 15) is 4.79 Å². The van der Waals surface area contributed by atoms with Crippen molar-refractivity contribution in [3.63, 3.8) is 0 Å². The Morgan fingerprint density at radius 1 is 0.846 bits per heavy atom. The van der Waals surface area contributed by atoms with Gasteiger partial charge in [-0.1, -0.05) is 60.2 Å². The van der Waals surface area contributed by atoms with Crippen LogP contribution in [0.4, 0.5) is 5.69 Å². The van der Waals surface area contributed by atoms with Crippen molar-refractivity contribution in [1.29, 1.82) is 0 Å². The van der Waals surface area contributed by atoms with E-state index in [1.807, 2.05) is 90.7 Å². The Kier molecular flexibility index (Phi) is 5.69. The summed E-state index contributed by atoms with van der Waals surface area (Å²) in [6.07, 6.45) is 0.352. The maximum absolute atomic E-state index is 13.1. The average molecular weight is 345 g/mol. The van der Waals surface area contributed by atoms with Crippen LogP contribution in [0.25, 0.3) is 0 Å². The first kappa shape index (κ1) is 17.7. The zero-order valence-electron chi connectivity index (χ0n) is 15.2. The predicted octanol–water partition coefficient (Wildman–Crippen LogP) is 4.78. The van der Waals surface area contributed by atoms with Crippen molar-refractivity contribution in [2.75, 3.05) is 12.0 Å². The van der Waals surface area contributed by atoms with Crippen molar-refractivity contribution >= 4 is 11.6 Å². The number of rotatable bonds is 6. The lowest BCUT2D eigenvalue weighted by Crippen LogP contribution is -2.31. The summed E-state index contributed by atoms with van der Waals surface area (Å²) in [5, 5.41) is 0. The molecule has 0 aliphatic rings. The molecule has 0 N–H and O–H groups in total. The summed E-state index contributed by atoms with van der Waals surface area (Å²) in [4.78, 5) is 14.9. The van der Waals surface area contributed by atoms with Gasteiger partial charge in [-0.3, -0.25) is 4.79 Å². The van der Waals surface area contributed by atoms with Gasteiger partial charge in [0.25, 0.3) is 0 Å². The molecule has 3 rings (SSSR count). The molecular weight excluding hydrogens is 322 g/mol. The van der Waals surface area contributed by atoms with E-state index in [2.05, 4.69) is 0 Å². The van der Waals surface area contributed by atoms with Gasteiger partial charge in [-0.15, -0.1) is 0 Å². The number of hydrogen-bond donors (Lipinski definition) is 0. The first-order valence-corrected chi connectivity index (χ1v) is 8.69. The molecule has 0 heterocycles. The number of methoxy groups -OCH3 is 1. The van der Waals surface area contributed by atoms with Crippen molar-refractivity contribution in [2.45, 2.75) is 19.9 Å². The van der Waals surface area contributed by atoms with Crippen LogP contribution in [0, 0.1) is 6.92 Å². The third-order valence-electron chi connectivity index (χ3n) is 4.34. The molecule has 0 radical (unpaired) electrons. The number of carbonyl (C=O) groups is 1. The summed E-state index contributed by atoms with van der Waals surface area (Å²) >= 11 is 0. The van der Waals surface area contributed by atoms with Crippen molar-refractivity contribution in [2.24, 2.45) is 0 Å². The van der Waals surface area contributed by atoms with Crippen LogP contribution in [0.5, 0.6) is 5.75 Å². The van der Waals surface area contributed by atoms with E-state index in [1.165, 1.54) is 5.56 Å². The Balaban J connectivity index is 1.83.